The lowest BCUT2D eigenvalue weighted by Gasteiger charge is -2.07. The number of nitrogens with one attached hydrogen (secondary N) is 1. The number of anilines is 1. The van der Waals surface area contributed by atoms with E-state index < -0.39 is 5.97 Å². The molecule has 26 heavy (non-hydrogen) atoms. The first kappa shape index (κ1) is 18.0. The van der Waals surface area contributed by atoms with Crippen LogP contribution in [0.3, 0.4) is 0 Å². The lowest BCUT2D eigenvalue weighted by atomic mass is 9.99. The highest BCUT2D eigenvalue weighted by atomic mass is 32.1. The van der Waals surface area contributed by atoms with Gasteiger partial charge >= 0.3 is 5.97 Å². The maximum atomic E-state index is 12.2. The molecule has 2 heterocycles. The molecule has 1 amide bonds. The molecular formula is C19H17NO5S. The van der Waals surface area contributed by atoms with Crippen LogP contribution in [-0.4, -0.2) is 30.0 Å². The highest BCUT2D eigenvalue weighted by Gasteiger charge is 2.27. The second-order valence-corrected chi connectivity index (χ2v) is 6.95. The van der Waals surface area contributed by atoms with Crippen molar-refractivity contribution in [3.8, 4) is 0 Å². The van der Waals surface area contributed by atoms with E-state index in [1.165, 1.54) is 11.3 Å². The lowest BCUT2D eigenvalue weighted by Crippen LogP contribution is -2.15. The number of benzene rings is 1. The van der Waals surface area contributed by atoms with Gasteiger partial charge in [0.2, 0.25) is 5.91 Å². The van der Waals surface area contributed by atoms with Crippen LogP contribution in [0.25, 0.3) is 0 Å². The van der Waals surface area contributed by atoms with Crippen molar-refractivity contribution in [1.82, 2.24) is 0 Å². The summed E-state index contributed by atoms with van der Waals surface area (Å²) in [6.45, 7) is 1.38. The predicted molar refractivity (Wildman–Crippen MR) is 96.7 cm³/mol. The van der Waals surface area contributed by atoms with Gasteiger partial charge in [-0.15, -0.1) is 11.3 Å². The Morgan fingerprint density at radius 2 is 1.96 bits per heavy atom. The van der Waals surface area contributed by atoms with Crippen LogP contribution in [0, 0.1) is 0 Å². The molecule has 0 fully saturated rings. The maximum Gasteiger partial charge on any atom is 0.306 e. The van der Waals surface area contributed by atoms with Crippen molar-refractivity contribution in [1.29, 1.82) is 0 Å². The van der Waals surface area contributed by atoms with Gasteiger partial charge in [-0.1, -0.05) is 6.07 Å². The van der Waals surface area contributed by atoms with Crippen LogP contribution in [0.4, 0.5) is 5.69 Å². The van der Waals surface area contributed by atoms with Gasteiger partial charge in [-0.2, -0.15) is 0 Å². The minimum Gasteiger partial charge on any atom is -0.457 e. The number of carbonyl (C=O) groups excluding carboxylic acids is 4. The first-order chi connectivity index (χ1) is 12.5. The molecule has 0 aliphatic carbocycles. The fourth-order valence-corrected chi connectivity index (χ4v) is 3.36. The summed E-state index contributed by atoms with van der Waals surface area (Å²) in [6, 6.07) is 8.39. The van der Waals surface area contributed by atoms with E-state index >= 15 is 0 Å². The van der Waals surface area contributed by atoms with E-state index in [1.807, 2.05) is 0 Å². The Hall–Kier alpha value is -2.80. The second-order valence-electron chi connectivity index (χ2n) is 6.00. The SMILES string of the molecule is C[C@H]1C(=O)Nc2ccc(C(=O)COC(=O)CCC(=O)c3cccs3)cc21. The number of hydrogen-bond acceptors (Lipinski definition) is 6. The number of rotatable bonds is 7. The summed E-state index contributed by atoms with van der Waals surface area (Å²) in [7, 11) is 0. The van der Waals surface area contributed by atoms with Gasteiger partial charge in [0.05, 0.1) is 17.2 Å². The van der Waals surface area contributed by atoms with Crippen molar-refractivity contribution >= 4 is 40.5 Å². The third-order valence-electron chi connectivity index (χ3n) is 4.21. The van der Waals surface area contributed by atoms with Gasteiger partial charge < -0.3 is 10.1 Å². The van der Waals surface area contributed by atoms with E-state index in [0.717, 1.165) is 5.56 Å². The third-order valence-corrected chi connectivity index (χ3v) is 5.12. The fourth-order valence-electron chi connectivity index (χ4n) is 2.67. The van der Waals surface area contributed by atoms with Gasteiger partial charge in [0, 0.05) is 17.7 Å². The highest BCUT2D eigenvalue weighted by Crippen LogP contribution is 2.32. The van der Waals surface area contributed by atoms with Gasteiger partial charge in [-0.3, -0.25) is 19.2 Å². The van der Waals surface area contributed by atoms with Gasteiger partial charge in [-0.25, -0.2) is 0 Å². The fraction of sp³-hybridized carbons (Fsp3) is 0.263. The smallest absolute Gasteiger partial charge is 0.306 e. The molecule has 0 spiro atoms. The van der Waals surface area contributed by atoms with Crippen LogP contribution in [0.2, 0.25) is 0 Å². The first-order valence-electron chi connectivity index (χ1n) is 8.16. The van der Waals surface area contributed by atoms with Crippen LogP contribution in [0.1, 0.15) is 51.3 Å². The van der Waals surface area contributed by atoms with Gasteiger partial charge in [0.15, 0.2) is 18.2 Å². The van der Waals surface area contributed by atoms with E-state index in [1.54, 1.807) is 42.6 Å². The van der Waals surface area contributed by atoms with Crippen LogP contribution < -0.4 is 5.32 Å². The van der Waals surface area contributed by atoms with Crippen molar-refractivity contribution in [3.63, 3.8) is 0 Å². The average Bonchev–Trinajstić information content (AvgIpc) is 3.26. The monoisotopic (exact) mass is 371 g/mol. The Morgan fingerprint density at radius 3 is 2.69 bits per heavy atom. The number of fused-ring (bicyclic) bond motifs is 1. The number of Topliss-reactive ketones (excluding diaryl/α,β-unsaturated/α-hetero) is 2. The number of esters is 1. The normalized spacial score (nSPS) is 15.3. The molecule has 0 radical (unpaired) electrons. The van der Waals surface area contributed by atoms with Crippen molar-refractivity contribution < 1.29 is 23.9 Å². The number of hydrogen-bond donors (Lipinski definition) is 1. The van der Waals surface area contributed by atoms with Crippen LogP contribution in [0.5, 0.6) is 0 Å². The molecule has 3 rings (SSSR count). The molecule has 0 bridgehead atoms. The Bertz CT molecular complexity index is 872. The van der Waals surface area contributed by atoms with Crippen molar-refractivity contribution in [2.45, 2.75) is 25.7 Å². The zero-order chi connectivity index (χ0) is 18.7. The lowest BCUT2D eigenvalue weighted by molar-refractivity contribution is -0.142. The molecule has 0 saturated heterocycles. The summed E-state index contributed by atoms with van der Waals surface area (Å²) >= 11 is 1.32. The average molecular weight is 371 g/mol. The minimum atomic E-state index is -0.588. The zero-order valence-electron chi connectivity index (χ0n) is 14.1. The molecule has 1 aliphatic rings. The van der Waals surface area contributed by atoms with Crippen molar-refractivity contribution in [2.24, 2.45) is 0 Å². The van der Waals surface area contributed by atoms with E-state index in [-0.39, 0.29) is 42.8 Å². The molecule has 1 aromatic carbocycles. The van der Waals surface area contributed by atoms with Crippen LogP contribution in [-0.2, 0) is 14.3 Å². The Morgan fingerprint density at radius 1 is 1.15 bits per heavy atom. The Balaban J connectivity index is 1.50. The number of ketones is 2. The first-order valence-corrected chi connectivity index (χ1v) is 9.04. The molecule has 0 unspecified atom stereocenters. The molecule has 134 valence electrons. The topological polar surface area (TPSA) is 89.5 Å². The van der Waals surface area contributed by atoms with Crippen LogP contribution in [0.15, 0.2) is 35.7 Å². The summed E-state index contributed by atoms with van der Waals surface area (Å²) < 4.78 is 4.97. The van der Waals surface area contributed by atoms with E-state index in [4.69, 9.17) is 4.74 Å². The van der Waals surface area contributed by atoms with E-state index in [2.05, 4.69) is 5.32 Å². The summed E-state index contributed by atoms with van der Waals surface area (Å²) in [4.78, 5) is 48.1. The van der Waals surface area contributed by atoms with E-state index in [0.29, 0.717) is 16.1 Å². The molecule has 1 aromatic heterocycles. The molecule has 1 aliphatic heterocycles. The summed E-state index contributed by atoms with van der Waals surface area (Å²) in [5.74, 6) is -1.48. The number of amides is 1. The molecule has 7 heteroatoms. The molecular weight excluding hydrogens is 354 g/mol. The third kappa shape index (κ3) is 3.88. The number of thiophene rings is 1. The quantitative estimate of drug-likeness (QED) is 0.596. The Kier molecular flexibility index (Phi) is 5.27. The molecule has 1 atom stereocenters. The zero-order valence-corrected chi connectivity index (χ0v) is 14.9. The van der Waals surface area contributed by atoms with Crippen molar-refractivity contribution in [3.05, 3.63) is 51.7 Å². The highest BCUT2D eigenvalue weighted by molar-refractivity contribution is 7.12. The minimum absolute atomic E-state index is 0.0533. The molecule has 0 saturated carbocycles. The van der Waals surface area contributed by atoms with Gasteiger partial charge in [0.25, 0.3) is 0 Å². The Labute approximate surface area is 154 Å². The molecule has 1 N–H and O–H groups in total. The van der Waals surface area contributed by atoms with E-state index in [9.17, 15) is 19.2 Å². The summed E-state index contributed by atoms with van der Waals surface area (Å²) in [5, 5.41) is 4.53. The summed E-state index contributed by atoms with van der Waals surface area (Å²) in [6.07, 6.45) is -0.0126. The van der Waals surface area contributed by atoms with Crippen molar-refractivity contribution in [2.75, 3.05) is 11.9 Å². The second kappa shape index (κ2) is 7.61. The number of carbonyl (C=O) groups is 4. The van der Waals surface area contributed by atoms with Crippen LogP contribution >= 0.6 is 11.3 Å². The predicted octanol–water partition coefficient (Wildman–Crippen LogP) is 3.19. The maximum absolute atomic E-state index is 12.2. The standard InChI is InChI=1S/C19H17NO5S/c1-11-13-9-12(4-5-14(13)20-19(11)24)16(22)10-25-18(23)7-6-15(21)17-3-2-8-26-17/h2-5,8-9,11H,6-7,10H2,1H3,(H,20,24)/t11-/m1/s1. The van der Waals surface area contributed by atoms with Gasteiger partial charge in [-0.05, 0) is 42.1 Å². The summed E-state index contributed by atoms with van der Waals surface area (Å²) in [5.41, 5.74) is 1.84. The molecule has 6 nitrogen and oxygen atoms in total. The van der Waals surface area contributed by atoms with Gasteiger partial charge in [0.1, 0.15) is 0 Å². The molecule has 2 aromatic rings. The largest absolute Gasteiger partial charge is 0.457 e. The number of ether oxygens (including phenoxy) is 1.